The lowest BCUT2D eigenvalue weighted by molar-refractivity contribution is -0.154. The van der Waals surface area contributed by atoms with E-state index in [0.29, 0.717) is 13.0 Å². The van der Waals surface area contributed by atoms with Gasteiger partial charge in [-0.15, -0.1) is 11.3 Å². The minimum Gasteiger partial charge on any atom is -0.480 e. The molecule has 1 aliphatic rings. The Labute approximate surface area is 137 Å². The number of nitrogens with zero attached hydrogens (tertiary/aromatic N) is 1. The van der Waals surface area contributed by atoms with E-state index in [1.165, 1.54) is 4.88 Å². The lowest BCUT2D eigenvalue weighted by atomic mass is 9.90. The first kappa shape index (κ1) is 16.5. The van der Waals surface area contributed by atoms with Crippen LogP contribution in [0.3, 0.4) is 0 Å². The van der Waals surface area contributed by atoms with E-state index in [0.717, 1.165) is 29.5 Å². The fourth-order valence-electron chi connectivity index (χ4n) is 2.89. The van der Waals surface area contributed by atoms with Gasteiger partial charge in [-0.3, -0.25) is 4.79 Å². The molecule has 0 saturated carbocycles. The van der Waals surface area contributed by atoms with Crippen molar-refractivity contribution in [3.8, 4) is 0 Å². The monoisotopic (exact) mass is 373 g/mol. The number of likely N-dealkylation sites (tertiary alicyclic amines) is 1. The molecule has 1 fully saturated rings. The summed E-state index contributed by atoms with van der Waals surface area (Å²) in [7, 11) is 0. The molecule has 1 aliphatic heterocycles. The van der Waals surface area contributed by atoms with Crippen LogP contribution in [0.2, 0.25) is 0 Å². The quantitative estimate of drug-likeness (QED) is 0.858. The number of aryl methyl sites for hydroxylation is 1. The molecule has 4 nitrogen and oxygen atoms in total. The number of aliphatic carboxylic acids is 1. The molecule has 2 rings (SSSR count). The van der Waals surface area contributed by atoms with Crippen molar-refractivity contribution in [1.29, 1.82) is 0 Å². The van der Waals surface area contributed by atoms with Gasteiger partial charge in [-0.1, -0.05) is 6.92 Å². The zero-order valence-electron chi connectivity index (χ0n) is 12.0. The van der Waals surface area contributed by atoms with Crippen LogP contribution in [0.15, 0.2) is 15.9 Å². The van der Waals surface area contributed by atoms with Crippen LogP contribution in [-0.2, 0) is 16.0 Å². The molecular weight excluding hydrogens is 354 g/mol. The molecule has 21 heavy (non-hydrogen) atoms. The van der Waals surface area contributed by atoms with Gasteiger partial charge in [-0.2, -0.15) is 0 Å². The fraction of sp³-hybridized carbons (Fsp3) is 0.600. The molecule has 0 spiro atoms. The maximum Gasteiger partial charge on any atom is 0.326 e. The molecule has 0 aliphatic carbocycles. The van der Waals surface area contributed by atoms with Gasteiger partial charge in [0, 0.05) is 17.8 Å². The van der Waals surface area contributed by atoms with Crippen LogP contribution >= 0.6 is 27.3 Å². The van der Waals surface area contributed by atoms with E-state index < -0.39 is 12.0 Å². The van der Waals surface area contributed by atoms with Gasteiger partial charge in [0.25, 0.3) is 0 Å². The molecule has 1 N–H and O–H groups in total. The van der Waals surface area contributed by atoms with Gasteiger partial charge in [0.15, 0.2) is 0 Å². The summed E-state index contributed by atoms with van der Waals surface area (Å²) in [6.45, 7) is 2.49. The number of halogens is 1. The number of carbonyl (C=O) groups is 2. The van der Waals surface area contributed by atoms with Crippen molar-refractivity contribution >= 4 is 39.1 Å². The van der Waals surface area contributed by atoms with E-state index in [2.05, 4.69) is 22.0 Å². The van der Waals surface area contributed by atoms with E-state index in [1.54, 1.807) is 16.2 Å². The Hall–Kier alpha value is -0.880. The van der Waals surface area contributed by atoms with Gasteiger partial charge in [-0.05, 0) is 59.7 Å². The third kappa shape index (κ3) is 4.30. The summed E-state index contributed by atoms with van der Waals surface area (Å²) >= 11 is 5.10. The van der Waals surface area contributed by atoms with E-state index in [9.17, 15) is 14.7 Å². The van der Waals surface area contributed by atoms with Crippen LogP contribution in [0.1, 0.15) is 37.5 Å². The number of carboxylic acids is 1. The summed E-state index contributed by atoms with van der Waals surface area (Å²) in [6.07, 6.45) is 3.83. The summed E-state index contributed by atoms with van der Waals surface area (Å²) in [5.41, 5.74) is 0. The van der Waals surface area contributed by atoms with Crippen LogP contribution in [0.25, 0.3) is 0 Å². The van der Waals surface area contributed by atoms with Crippen LogP contribution in [-0.4, -0.2) is 34.5 Å². The molecule has 2 unspecified atom stereocenters. The van der Waals surface area contributed by atoms with Gasteiger partial charge < -0.3 is 10.0 Å². The number of piperidine rings is 1. The van der Waals surface area contributed by atoms with E-state index in [1.807, 2.05) is 13.0 Å². The van der Waals surface area contributed by atoms with Crippen LogP contribution in [0.4, 0.5) is 0 Å². The van der Waals surface area contributed by atoms with Gasteiger partial charge in [0.2, 0.25) is 5.91 Å². The Kier molecular flexibility index (Phi) is 5.81. The SMILES string of the molecule is CC1CCCN(C(=O)CCCc2ccc(Br)s2)C1C(=O)O. The smallest absolute Gasteiger partial charge is 0.326 e. The summed E-state index contributed by atoms with van der Waals surface area (Å²) in [5, 5.41) is 9.34. The number of amides is 1. The molecule has 2 heterocycles. The Morgan fingerprint density at radius 2 is 2.24 bits per heavy atom. The number of rotatable bonds is 5. The zero-order chi connectivity index (χ0) is 15.4. The number of thiophene rings is 1. The number of carbonyl (C=O) groups excluding carboxylic acids is 1. The maximum absolute atomic E-state index is 12.3. The fourth-order valence-corrected chi connectivity index (χ4v) is 4.41. The van der Waals surface area contributed by atoms with Gasteiger partial charge in [0.1, 0.15) is 6.04 Å². The Bertz CT molecular complexity index is 517. The predicted octanol–water partition coefficient (Wildman–Crippen LogP) is 3.55. The third-order valence-electron chi connectivity index (χ3n) is 3.95. The van der Waals surface area contributed by atoms with Crippen LogP contribution in [0, 0.1) is 5.92 Å². The van der Waals surface area contributed by atoms with Crippen molar-refractivity contribution in [3.05, 3.63) is 20.8 Å². The summed E-state index contributed by atoms with van der Waals surface area (Å²) in [6, 6.07) is 3.42. The second-order valence-corrected chi connectivity index (χ2v) is 8.10. The molecule has 2 atom stereocenters. The normalized spacial score (nSPS) is 22.3. The third-order valence-corrected chi connectivity index (χ3v) is 5.63. The second kappa shape index (κ2) is 7.40. The average Bonchev–Trinajstić information content (AvgIpc) is 2.83. The summed E-state index contributed by atoms with van der Waals surface area (Å²) in [5.74, 6) is -0.865. The minimum atomic E-state index is -0.877. The highest BCUT2D eigenvalue weighted by Crippen LogP contribution is 2.26. The van der Waals surface area contributed by atoms with Crippen molar-refractivity contribution in [2.75, 3.05) is 6.54 Å². The summed E-state index contributed by atoms with van der Waals surface area (Å²) in [4.78, 5) is 26.5. The van der Waals surface area contributed by atoms with E-state index >= 15 is 0 Å². The highest BCUT2D eigenvalue weighted by Gasteiger charge is 2.36. The number of carboxylic acid groups (broad SMARTS) is 1. The lowest BCUT2D eigenvalue weighted by Gasteiger charge is -2.37. The molecule has 116 valence electrons. The standard InChI is InChI=1S/C15H20BrNO3S/c1-10-4-3-9-17(14(10)15(19)20)13(18)6-2-5-11-7-8-12(16)21-11/h7-8,10,14H,2-6,9H2,1H3,(H,19,20). The molecular formula is C15H20BrNO3S. The van der Waals surface area contributed by atoms with Crippen molar-refractivity contribution in [1.82, 2.24) is 4.90 Å². The molecule has 6 heteroatoms. The van der Waals surface area contributed by atoms with E-state index in [-0.39, 0.29) is 11.8 Å². The van der Waals surface area contributed by atoms with Gasteiger partial charge >= 0.3 is 5.97 Å². The van der Waals surface area contributed by atoms with Gasteiger partial charge in [-0.25, -0.2) is 4.79 Å². The Balaban J connectivity index is 1.87. The first-order chi connectivity index (χ1) is 9.99. The first-order valence-electron chi connectivity index (χ1n) is 7.25. The lowest BCUT2D eigenvalue weighted by Crippen LogP contribution is -2.51. The molecule has 1 saturated heterocycles. The molecule has 0 aromatic carbocycles. The van der Waals surface area contributed by atoms with Crippen molar-refractivity contribution < 1.29 is 14.7 Å². The molecule has 0 radical (unpaired) electrons. The maximum atomic E-state index is 12.3. The van der Waals surface area contributed by atoms with Crippen molar-refractivity contribution in [3.63, 3.8) is 0 Å². The molecule has 1 aromatic rings. The topological polar surface area (TPSA) is 57.6 Å². The molecule has 1 aromatic heterocycles. The average molecular weight is 374 g/mol. The zero-order valence-corrected chi connectivity index (χ0v) is 14.5. The number of hydrogen-bond acceptors (Lipinski definition) is 3. The summed E-state index contributed by atoms with van der Waals surface area (Å²) < 4.78 is 1.10. The highest BCUT2D eigenvalue weighted by atomic mass is 79.9. The predicted molar refractivity (Wildman–Crippen MR) is 86.5 cm³/mol. The van der Waals surface area contributed by atoms with Crippen molar-refractivity contribution in [2.24, 2.45) is 5.92 Å². The number of hydrogen-bond donors (Lipinski definition) is 1. The Morgan fingerprint density at radius 1 is 1.48 bits per heavy atom. The largest absolute Gasteiger partial charge is 0.480 e. The minimum absolute atomic E-state index is 0.0235. The van der Waals surface area contributed by atoms with Gasteiger partial charge in [0.05, 0.1) is 3.79 Å². The Morgan fingerprint density at radius 3 is 2.86 bits per heavy atom. The van der Waals surface area contributed by atoms with E-state index in [4.69, 9.17) is 0 Å². The van der Waals surface area contributed by atoms with Crippen LogP contribution < -0.4 is 0 Å². The molecule has 1 amide bonds. The van der Waals surface area contributed by atoms with Crippen LogP contribution in [0.5, 0.6) is 0 Å². The first-order valence-corrected chi connectivity index (χ1v) is 8.86. The second-order valence-electron chi connectivity index (χ2n) is 5.55. The highest BCUT2D eigenvalue weighted by molar-refractivity contribution is 9.11. The van der Waals surface area contributed by atoms with Crippen molar-refractivity contribution in [2.45, 2.75) is 45.1 Å². The molecule has 0 bridgehead atoms.